The molecule has 4 nitrogen and oxygen atoms in total. The minimum atomic E-state index is -3.34. The minimum Gasteiger partial charge on any atom is -0.230 e. The van der Waals surface area contributed by atoms with Gasteiger partial charge in [-0.15, -0.1) is 23.4 Å². The van der Waals surface area contributed by atoms with Crippen LogP contribution in [0.4, 0.5) is 0 Å². The summed E-state index contributed by atoms with van der Waals surface area (Å²) >= 11 is 6.75. The van der Waals surface area contributed by atoms with E-state index in [0.29, 0.717) is 5.03 Å². The molecular formula is C7H9ClN2O2S2. The van der Waals surface area contributed by atoms with E-state index < -0.39 is 9.84 Å². The second-order valence-electron chi connectivity index (χ2n) is 2.41. The van der Waals surface area contributed by atoms with Crippen LogP contribution in [0.15, 0.2) is 22.4 Å². The van der Waals surface area contributed by atoms with Crippen LogP contribution in [0.2, 0.25) is 0 Å². The first-order chi connectivity index (χ1) is 6.60. The number of nitrogens with zero attached hydrogens (tertiary/aromatic N) is 2. The van der Waals surface area contributed by atoms with Crippen molar-refractivity contribution in [2.45, 2.75) is 10.1 Å². The van der Waals surface area contributed by atoms with Crippen LogP contribution in [0, 0.1) is 0 Å². The van der Waals surface area contributed by atoms with E-state index in [9.17, 15) is 8.42 Å². The van der Waals surface area contributed by atoms with E-state index in [-0.39, 0.29) is 16.7 Å². The second-order valence-corrected chi connectivity index (χ2v) is 5.67. The van der Waals surface area contributed by atoms with Crippen molar-refractivity contribution >= 4 is 33.2 Å². The van der Waals surface area contributed by atoms with Gasteiger partial charge in [0.25, 0.3) is 0 Å². The number of aromatic nitrogens is 2. The molecule has 0 atom stereocenters. The van der Waals surface area contributed by atoms with Gasteiger partial charge in [0.15, 0.2) is 14.9 Å². The molecule has 0 aliphatic heterocycles. The number of rotatable bonds is 4. The van der Waals surface area contributed by atoms with Crippen molar-refractivity contribution in [3.63, 3.8) is 0 Å². The molecule has 1 rings (SSSR count). The Balaban J connectivity index is 3.07. The molecule has 14 heavy (non-hydrogen) atoms. The van der Waals surface area contributed by atoms with Crippen LogP contribution >= 0.6 is 23.4 Å². The van der Waals surface area contributed by atoms with Gasteiger partial charge in [-0.2, -0.15) is 0 Å². The van der Waals surface area contributed by atoms with Gasteiger partial charge in [-0.05, 0) is 6.26 Å². The average Bonchev–Trinajstić information content (AvgIpc) is 2.18. The summed E-state index contributed by atoms with van der Waals surface area (Å²) in [5.41, 5.74) is 0. The van der Waals surface area contributed by atoms with Crippen molar-refractivity contribution in [2.75, 3.05) is 17.9 Å². The Morgan fingerprint density at radius 1 is 1.50 bits per heavy atom. The van der Waals surface area contributed by atoms with Gasteiger partial charge in [0.1, 0.15) is 11.4 Å². The lowest BCUT2D eigenvalue weighted by Crippen LogP contribution is -2.10. The molecule has 0 aliphatic rings. The Labute approximate surface area is 92.0 Å². The maximum atomic E-state index is 11.5. The SMILES string of the molecule is CSc1cc(S(=O)(=O)CCCl)ncn1. The monoisotopic (exact) mass is 252 g/mol. The fraction of sp³-hybridized carbons (Fsp3) is 0.429. The van der Waals surface area contributed by atoms with Gasteiger partial charge >= 0.3 is 0 Å². The fourth-order valence-corrected chi connectivity index (χ4v) is 2.79. The fourth-order valence-electron chi connectivity index (χ4n) is 0.811. The number of hydrogen-bond acceptors (Lipinski definition) is 5. The zero-order valence-corrected chi connectivity index (χ0v) is 9.86. The van der Waals surface area contributed by atoms with Crippen LogP contribution in [0.1, 0.15) is 0 Å². The quantitative estimate of drug-likeness (QED) is 0.458. The maximum Gasteiger partial charge on any atom is 0.196 e. The Morgan fingerprint density at radius 3 is 2.79 bits per heavy atom. The van der Waals surface area contributed by atoms with Crippen LogP contribution in [0.3, 0.4) is 0 Å². The van der Waals surface area contributed by atoms with Gasteiger partial charge in [-0.25, -0.2) is 18.4 Å². The van der Waals surface area contributed by atoms with Crippen LogP contribution in [-0.4, -0.2) is 36.3 Å². The first-order valence-corrected chi connectivity index (χ1v) is 7.16. The summed E-state index contributed by atoms with van der Waals surface area (Å²) in [4.78, 5) is 7.59. The Bertz CT molecular complexity index is 408. The molecule has 0 spiro atoms. The highest BCUT2D eigenvalue weighted by atomic mass is 35.5. The van der Waals surface area contributed by atoms with Gasteiger partial charge in [0, 0.05) is 11.9 Å². The van der Waals surface area contributed by atoms with Crippen molar-refractivity contribution in [1.82, 2.24) is 9.97 Å². The zero-order valence-electron chi connectivity index (χ0n) is 7.47. The molecule has 0 aromatic carbocycles. The topological polar surface area (TPSA) is 59.9 Å². The number of sulfone groups is 1. The first-order valence-electron chi connectivity index (χ1n) is 3.75. The number of alkyl halides is 1. The molecule has 0 aliphatic carbocycles. The molecule has 0 fully saturated rings. The van der Waals surface area contributed by atoms with Gasteiger partial charge in [-0.1, -0.05) is 0 Å². The smallest absolute Gasteiger partial charge is 0.196 e. The highest BCUT2D eigenvalue weighted by Crippen LogP contribution is 2.15. The van der Waals surface area contributed by atoms with E-state index in [1.54, 1.807) is 0 Å². The molecule has 0 amide bonds. The number of hydrogen-bond donors (Lipinski definition) is 0. The van der Waals surface area contributed by atoms with Gasteiger partial charge in [0.2, 0.25) is 0 Å². The van der Waals surface area contributed by atoms with Crippen molar-refractivity contribution in [2.24, 2.45) is 0 Å². The second kappa shape index (κ2) is 4.95. The molecule has 7 heteroatoms. The summed E-state index contributed by atoms with van der Waals surface area (Å²) < 4.78 is 23.0. The van der Waals surface area contributed by atoms with Crippen LogP contribution in [-0.2, 0) is 9.84 Å². The molecule has 0 saturated carbocycles. The molecule has 0 N–H and O–H groups in total. The van der Waals surface area contributed by atoms with E-state index in [2.05, 4.69) is 9.97 Å². The van der Waals surface area contributed by atoms with Gasteiger partial charge < -0.3 is 0 Å². The zero-order chi connectivity index (χ0) is 10.6. The van der Waals surface area contributed by atoms with Crippen molar-refractivity contribution in [3.8, 4) is 0 Å². The van der Waals surface area contributed by atoms with Crippen molar-refractivity contribution < 1.29 is 8.42 Å². The Kier molecular flexibility index (Phi) is 4.15. The van der Waals surface area contributed by atoms with Gasteiger partial charge in [-0.3, -0.25) is 0 Å². The Hall–Kier alpha value is -0.330. The first kappa shape index (κ1) is 11.7. The standard InChI is InChI=1S/C7H9ClN2O2S2/c1-13-6-4-7(10-5-9-6)14(11,12)3-2-8/h4-5H,2-3H2,1H3. The molecule has 78 valence electrons. The molecule has 1 aromatic rings. The van der Waals surface area contributed by atoms with E-state index in [0.717, 1.165) is 0 Å². The van der Waals surface area contributed by atoms with Crippen LogP contribution in [0.5, 0.6) is 0 Å². The Morgan fingerprint density at radius 2 is 2.21 bits per heavy atom. The van der Waals surface area contributed by atoms with Crippen molar-refractivity contribution in [3.05, 3.63) is 12.4 Å². The summed E-state index contributed by atoms with van der Waals surface area (Å²) in [5, 5.41) is 0.672. The molecule has 0 radical (unpaired) electrons. The molecule has 0 saturated heterocycles. The third-order valence-electron chi connectivity index (χ3n) is 1.49. The summed E-state index contributed by atoms with van der Waals surface area (Å²) in [6, 6.07) is 1.45. The molecule has 1 heterocycles. The lowest BCUT2D eigenvalue weighted by atomic mass is 10.7. The third-order valence-corrected chi connectivity index (χ3v) is 4.15. The van der Waals surface area contributed by atoms with E-state index in [1.807, 2.05) is 6.26 Å². The van der Waals surface area contributed by atoms with E-state index in [1.165, 1.54) is 24.2 Å². The molecule has 0 bridgehead atoms. The number of halogens is 1. The predicted molar refractivity (Wildman–Crippen MR) is 56.6 cm³/mol. The average molecular weight is 253 g/mol. The highest BCUT2D eigenvalue weighted by molar-refractivity contribution is 7.98. The predicted octanol–water partition coefficient (Wildman–Crippen LogP) is 1.21. The van der Waals surface area contributed by atoms with Crippen molar-refractivity contribution in [1.29, 1.82) is 0 Å². The normalized spacial score (nSPS) is 11.6. The van der Waals surface area contributed by atoms with Crippen LogP contribution < -0.4 is 0 Å². The molecule has 0 unspecified atom stereocenters. The largest absolute Gasteiger partial charge is 0.230 e. The minimum absolute atomic E-state index is 0.0394. The molecular weight excluding hydrogens is 244 g/mol. The lowest BCUT2D eigenvalue weighted by molar-refractivity contribution is 0.592. The van der Waals surface area contributed by atoms with E-state index in [4.69, 9.17) is 11.6 Å². The summed E-state index contributed by atoms with van der Waals surface area (Å²) in [7, 11) is -3.34. The summed E-state index contributed by atoms with van der Waals surface area (Å²) in [6.45, 7) is 0. The van der Waals surface area contributed by atoms with E-state index >= 15 is 0 Å². The third kappa shape index (κ3) is 2.83. The highest BCUT2D eigenvalue weighted by Gasteiger charge is 2.15. The summed E-state index contributed by atoms with van der Waals surface area (Å²) in [5.74, 6) is -0.0275. The molecule has 1 aromatic heterocycles. The summed E-state index contributed by atoms with van der Waals surface area (Å²) in [6.07, 6.45) is 3.06. The number of thioether (sulfide) groups is 1. The lowest BCUT2D eigenvalue weighted by Gasteiger charge is -2.01. The van der Waals surface area contributed by atoms with Gasteiger partial charge in [0.05, 0.1) is 5.75 Å². The van der Waals surface area contributed by atoms with Crippen LogP contribution in [0.25, 0.3) is 0 Å². The maximum absolute atomic E-state index is 11.5.